The second kappa shape index (κ2) is 6.50. The smallest absolute Gasteiger partial charge is 0.314 e. The monoisotopic (exact) mass is 286 g/mol. The van der Waals surface area contributed by atoms with Crippen LogP contribution in [0.3, 0.4) is 0 Å². The molecule has 5 nitrogen and oxygen atoms in total. The lowest BCUT2D eigenvalue weighted by molar-refractivity contribution is -0.148. The van der Waals surface area contributed by atoms with E-state index in [4.69, 9.17) is 0 Å². The van der Waals surface area contributed by atoms with Gasteiger partial charge < -0.3 is 15.7 Å². The second-order valence-corrected chi connectivity index (χ2v) is 6.74. The molecule has 19 heavy (non-hydrogen) atoms. The Balaban J connectivity index is 1.71. The summed E-state index contributed by atoms with van der Waals surface area (Å²) in [6, 6.07) is -0.232. The number of rotatable bonds is 5. The highest BCUT2D eigenvalue weighted by Gasteiger charge is 2.41. The van der Waals surface area contributed by atoms with E-state index < -0.39 is 11.4 Å². The quantitative estimate of drug-likeness (QED) is 0.718. The zero-order valence-electron chi connectivity index (χ0n) is 11.1. The van der Waals surface area contributed by atoms with E-state index in [0.717, 1.165) is 25.0 Å². The van der Waals surface area contributed by atoms with Crippen molar-refractivity contribution in [2.45, 2.75) is 32.1 Å². The van der Waals surface area contributed by atoms with Crippen LogP contribution in [0.5, 0.6) is 0 Å². The summed E-state index contributed by atoms with van der Waals surface area (Å²) in [6.07, 6.45) is 4.37. The molecule has 2 amide bonds. The van der Waals surface area contributed by atoms with Crippen LogP contribution in [0.4, 0.5) is 4.79 Å². The number of thioether (sulfide) groups is 1. The van der Waals surface area contributed by atoms with Crippen molar-refractivity contribution in [3.8, 4) is 0 Å². The van der Waals surface area contributed by atoms with Gasteiger partial charge in [-0.05, 0) is 36.7 Å². The number of hydrogen-bond donors (Lipinski definition) is 3. The van der Waals surface area contributed by atoms with E-state index in [9.17, 15) is 14.7 Å². The highest BCUT2D eigenvalue weighted by atomic mass is 32.2. The highest BCUT2D eigenvalue weighted by Crippen LogP contribution is 2.37. The third kappa shape index (κ3) is 3.78. The fraction of sp³-hybridized carbons (Fsp3) is 0.846. The van der Waals surface area contributed by atoms with Gasteiger partial charge in [0, 0.05) is 13.1 Å². The molecule has 6 heteroatoms. The lowest BCUT2D eigenvalue weighted by Gasteiger charge is -2.24. The van der Waals surface area contributed by atoms with Gasteiger partial charge in [0.25, 0.3) is 0 Å². The summed E-state index contributed by atoms with van der Waals surface area (Å²) in [4.78, 5) is 23.0. The van der Waals surface area contributed by atoms with Crippen molar-refractivity contribution in [2.24, 2.45) is 11.3 Å². The molecule has 1 saturated carbocycles. The normalized spacial score (nSPS) is 25.2. The molecule has 2 fully saturated rings. The molecule has 0 aromatic rings. The first-order valence-corrected chi connectivity index (χ1v) is 8.11. The molecule has 0 aromatic heterocycles. The van der Waals surface area contributed by atoms with Crippen LogP contribution in [0.2, 0.25) is 0 Å². The standard InChI is InChI=1S/C13H22N2O3S/c16-11(17)13(4-1-2-5-13)9-15-12(18)14-7-10-3-6-19-8-10/h10H,1-9H2,(H,16,17)(H2,14,15,18). The van der Waals surface area contributed by atoms with Gasteiger partial charge in [-0.3, -0.25) is 4.79 Å². The SMILES string of the molecule is O=C(NCC1CCSC1)NCC1(C(=O)O)CCCC1. The van der Waals surface area contributed by atoms with Crippen molar-refractivity contribution in [2.75, 3.05) is 24.6 Å². The molecule has 2 aliphatic rings. The summed E-state index contributed by atoms with van der Waals surface area (Å²) in [5, 5.41) is 14.9. The Labute approximate surface area is 117 Å². The predicted octanol–water partition coefficient (Wildman–Crippen LogP) is 1.68. The van der Waals surface area contributed by atoms with Crippen molar-refractivity contribution in [1.29, 1.82) is 0 Å². The summed E-state index contributed by atoms with van der Waals surface area (Å²) in [5.74, 6) is 2.07. The zero-order chi connectivity index (χ0) is 13.7. The summed E-state index contributed by atoms with van der Waals surface area (Å²) in [7, 11) is 0. The van der Waals surface area contributed by atoms with Crippen LogP contribution >= 0.6 is 11.8 Å². The lowest BCUT2D eigenvalue weighted by atomic mass is 9.86. The minimum absolute atomic E-state index is 0.232. The van der Waals surface area contributed by atoms with Crippen LogP contribution in [-0.2, 0) is 4.79 Å². The summed E-state index contributed by atoms with van der Waals surface area (Å²) in [5.41, 5.74) is -0.736. The van der Waals surface area contributed by atoms with E-state index in [-0.39, 0.29) is 12.6 Å². The Morgan fingerprint density at radius 2 is 2.00 bits per heavy atom. The number of aliphatic carboxylic acids is 1. The Hall–Kier alpha value is -0.910. The molecule has 0 aromatic carbocycles. The molecule has 3 N–H and O–H groups in total. The van der Waals surface area contributed by atoms with Gasteiger partial charge in [0.15, 0.2) is 0 Å². The van der Waals surface area contributed by atoms with Gasteiger partial charge in [-0.15, -0.1) is 0 Å². The van der Waals surface area contributed by atoms with Crippen molar-refractivity contribution in [1.82, 2.24) is 10.6 Å². The topological polar surface area (TPSA) is 78.4 Å². The third-order valence-electron chi connectivity index (χ3n) is 4.18. The number of nitrogens with one attached hydrogen (secondary N) is 2. The number of carbonyl (C=O) groups excluding carboxylic acids is 1. The highest BCUT2D eigenvalue weighted by molar-refractivity contribution is 7.99. The maximum absolute atomic E-state index is 11.7. The molecule has 1 aliphatic heterocycles. The summed E-state index contributed by atoms with van der Waals surface area (Å²) >= 11 is 1.92. The first-order valence-electron chi connectivity index (χ1n) is 6.95. The second-order valence-electron chi connectivity index (χ2n) is 5.59. The van der Waals surface area contributed by atoms with Gasteiger partial charge >= 0.3 is 12.0 Å². The molecule has 108 valence electrons. The van der Waals surface area contributed by atoms with Gasteiger partial charge in [-0.1, -0.05) is 12.8 Å². The molecule has 2 rings (SSSR count). The average molecular weight is 286 g/mol. The van der Waals surface area contributed by atoms with Crippen molar-refractivity contribution in [3.63, 3.8) is 0 Å². The number of hydrogen-bond acceptors (Lipinski definition) is 3. The van der Waals surface area contributed by atoms with Crippen molar-refractivity contribution < 1.29 is 14.7 Å². The van der Waals surface area contributed by atoms with Gasteiger partial charge in [0.05, 0.1) is 5.41 Å². The number of urea groups is 1. The Morgan fingerprint density at radius 3 is 2.58 bits per heavy atom. The largest absolute Gasteiger partial charge is 0.481 e. The van der Waals surface area contributed by atoms with Crippen LogP contribution in [0.1, 0.15) is 32.1 Å². The molecule has 0 radical (unpaired) electrons. The van der Waals surface area contributed by atoms with Crippen molar-refractivity contribution in [3.05, 3.63) is 0 Å². The number of carbonyl (C=O) groups is 2. The van der Waals surface area contributed by atoms with E-state index in [1.165, 1.54) is 5.75 Å². The molecule has 0 bridgehead atoms. The van der Waals surface area contributed by atoms with Crippen molar-refractivity contribution >= 4 is 23.8 Å². The predicted molar refractivity (Wildman–Crippen MR) is 75.4 cm³/mol. The van der Waals surface area contributed by atoms with Gasteiger partial charge in [-0.2, -0.15) is 11.8 Å². The van der Waals surface area contributed by atoms with E-state index in [1.807, 2.05) is 11.8 Å². The van der Waals surface area contributed by atoms with Gasteiger partial charge in [0.2, 0.25) is 0 Å². The Bertz CT molecular complexity index is 337. The average Bonchev–Trinajstić information content (AvgIpc) is 3.05. The molecule has 1 aliphatic carbocycles. The minimum Gasteiger partial charge on any atom is -0.481 e. The van der Waals surface area contributed by atoms with E-state index in [0.29, 0.717) is 25.3 Å². The van der Waals surface area contributed by atoms with E-state index in [2.05, 4.69) is 10.6 Å². The summed E-state index contributed by atoms with van der Waals surface area (Å²) < 4.78 is 0. The Kier molecular flexibility index (Phi) is 4.96. The van der Waals surface area contributed by atoms with Gasteiger partial charge in [0.1, 0.15) is 0 Å². The van der Waals surface area contributed by atoms with Crippen LogP contribution < -0.4 is 10.6 Å². The Morgan fingerprint density at radius 1 is 1.26 bits per heavy atom. The van der Waals surface area contributed by atoms with E-state index in [1.54, 1.807) is 0 Å². The first-order chi connectivity index (χ1) is 9.12. The van der Waals surface area contributed by atoms with Crippen LogP contribution in [-0.4, -0.2) is 41.7 Å². The summed E-state index contributed by atoms with van der Waals surface area (Å²) in [6.45, 7) is 0.937. The minimum atomic E-state index is -0.780. The first kappa shape index (κ1) is 14.5. The zero-order valence-corrected chi connectivity index (χ0v) is 11.9. The fourth-order valence-electron chi connectivity index (χ4n) is 2.81. The van der Waals surface area contributed by atoms with Gasteiger partial charge in [-0.25, -0.2) is 4.79 Å². The maximum Gasteiger partial charge on any atom is 0.314 e. The van der Waals surface area contributed by atoms with Crippen LogP contribution in [0.15, 0.2) is 0 Å². The number of amides is 2. The fourth-order valence-corrected chi connectivity index (χ4v) is 4.10. The molecule has 1 saturated heterocycles. The molecule has 0 spiro atoms. The van der Waals surface area contributed by atoms with E-state index >= 15 is 0 Å². The van der Waals surface area contributed by atoms with Crippen LogP contribution in [0.25, 0.3) is 0 Å². The lowest BCUT2D eigenvalue weighted by Crippen LogP contribution is -2.46. The van der Waals surface area contributed by atoms with Crippen LogP contribution in [0, 0.1) is 11.3 Å². The maximum atomic E-state index is 11.7. The molecular weight excluding hydrogens is 264 g/mol. The number of carboxylic acid groups (broad SMARTS) is 1. The molecule has 1 atom stereocenters. The molecular formula is C13H22N2O3S. The molecule has 1 heterocycles. The number of carboxylic acids is 1. The molecule has 1 unspecified atom stereocenters. The third-order valence-corrected chi connectivity index (χ3v) is 5.41.